The lowest BCUT2D eigenvalue weighted by atomic mass is 9.78. The molecule has 0 amide bonds. The lowest BCUT2D eigenvalue weighted by Gasteiger charge is -2.39. The standard InChI is InChI=1S/C17H24N2O3/c1-16(2)10-22-13-11(9-18-17(3)6-5-7-17)8-12(15(20)21-4)19-14(13)16/h8,18H,5-7,9-10H2,1-4H3. The highest BCUT2D eigenvalue weighted by atomic mass is 16.5. The van der Waals surface area contributed by atoms with E-state index in [4.69, 9.17) is 9.47 Å². The van der Waals surface area contributed by atoms with Crippen molar-refractivity contribution in [3.05, 3.63) is 23.0 Å². The molecule has 1 aliphatic carbocycles. The molecule has 0 atom stereocenters. The minimum Gasteiger partial charge on any atom is -0.490 e. The molecule has 120 valence electrons. The zero-order valence-electron chi connectivity index (χ0n) is 13.8. The second-order valence-electron chi connectivity index (χ2n) is 7.28. The Labute approximate surface area is 131 Å². The molecule has 1 fully saturated rings. The molecule has 0 aromatic carbocycles. The van der Waals surface area contributed by atoms with Gasteiger partial charge in [0.2, 0.25) is 0 Å². The Bertz CT molecular complexity index is 606. The van der Waals surface area contributed by atoms with Gasteiger partial charge in [-0.2, -0.15) is 0 Å². The Kier molecular flexibility index (Phi) is 3.63. The number of nitrogens with one attached hydrogen (secondary N) is 1. The quantitative estimate of drug-likeness (QED) is 0.866. The van der Waals surface area contributed by atoms with Crippen molar-refractivity contribution >= 4 is 5.97 Å². The summed E-state index contributed by atoms with van der Waals surface area (Å²) in [5.74, 6) is 0.426. The molecule has 1 N–H and O–H groups in total. The van der Waals surface area contributed by atoms with E-state index in [2.05, 4.69) is 31.1 Å². The summed E-state index contributed by atoms with van der Waals surface area (Å²) in [4.78, 5) is 16.4. The van der Waals surface area contributed by atoms with Crippen LogP contribution in [0, 0.1) is 0 Å². The molecule has 3 rings (SSSR count). The molecule has 1 aromatic rings. The molecule has 22 heavy (non-hydrogen) atoms. The number of nitrogens with zero attached hydrogens (tertiary/aromatic N) is 1. The van der Waals surface area contributed by atoms with Crippen molar-refractivity contribution < 1.29 is 14.3 Å². The molecule has 5 nitrogen and oxygen atoms in total. The van der Waals surface area contributed by atoms with Crippen molar-refractivity contribution in [1.29, 1.82) is 0 Å². The monoisotopic (exact) mass is 304 g/mol. The predicted octanol–water partition coefficient (Wildman–Crippen LogP) is 2.57. The third kappa shape index (κ3) is 2.58. The maximum Gasteiger partial charge on any atom is 0.356 e. The fraction of sp³-hybridized carbons (Fsp3) is 0.647. The number of esters is 1. The molecule has 1 aliphatic heterocycles. The second kappa shape index (κ2) is 5.23. The van der Waals surface area contributed by atoms with Gasteiger partial charge < -0.3 is 14.8 Å². The lowest BCUT2D eigenvalue weighted by molar-refractivity contribution is 0.0593. The third-order valence-electron chi connectivity index (χ3n) is 4.83. The number of methoxy groups -OCH3 is 1. The van der Waals surface area contributed by atoms with Crippen LogP contribution in [0.3, 0.4) is 0 Å². The summed E-state index contributed by atoms with van der Waals surface area (Å²) in [6, 6.07) is 1.79. The molecular weight excluding hydrogens is 280 g/mol. The van der Waals surface area contributed by atoms with Crippen LogP contribution >= 0.6 is 0 Å². The van der Waals surface area contributed by atoms with Gasteiger partial charge in [-0.25, -0.2) is 9.78 Å². The summed E-state index contributed by atoms with van der Waals surface area (Å²) in [7, 11) is 1.38. The maximum atomic E-state index is 11.9. The zero-order valence-corrected chi connectivity index (χ0v) is 13.8. The van der Waals surface area contributed by atoms with Crippen LogP contribution in [0.4, 0.5) is 0 Å². The van der Waals surface area contributed by atoms with Gasteiger partial charge in [-0.05, 0) is 32.3 Å². The van der Waals surface area contributed by atoms with Gasteiger partial charge in [-0.3, -0.25) is 0 Å². The van der Waals surface area contributed by atoms with Gasteiger partial charge in [-0.15, -0.1) is 0 Å². The molecule has 2 aliphatic rings. The number of carbonyl (C=O) groups is 1. The minimum absolute atomic E-state index is 0.186. The molecule has 0 unspecified atom stereocenters. The second-order valence-corrected chi connectivity index (χ2v) is 7.28. The largest absolute Gasteiger partial charge is 0.490 e. The van der Waals surface area contributed by atoms with Crippen molar-refractivity contribution in [3.63, 3.8) is 0 Å². The first-order valence-electron chi connectivity index (χ1n) is 7.85. The maximum absolute atomic E-state index is 11.9. The van der Waals surface area contributed by atoms with Gasteiger partial charge in [0.25, 0.3) is 0 Å². The van der Waals surface area contributed by atoms with E-state index in [1.54, 1.807) is 6.07 Å². The van der Waals surface area contributed by atoms with E-state index in [0.29, 0.717) is 18.8 Å². The van der Waals surface area contributed by atoms with Crippen LogP contribution in [0.2, 0.25) is 0 Å². The Morgan fingerprint density at radius 3 is 2.73 bits per heavy atom. The molecular formula is C17H24N2O3. The van der Waals surface area contributed by atoms with Crippen LogP contribution in [0.1, 0.15) is 61.8 Å². The highest BCUT2D eigenvalue weighted by molar-refractivity contribution is 5.87. The Hall–Kier alpha value is -1.62. The van der Waals surface area contributed by atoms with Crippen molar-refractivity contribution in [3.8, 4) is 5.75 Å². The summed E-state index contributed by atoms with van der Waals surface area (Å²) in [6.07, 6.45) is 3.65. The Balaban J connectivity index is 1.94. The molecule has 0 radical (unpaired) electrons. The molecule has 2 heterocycles. The molecule has 0 bridgehead atoms. The summed E-state index contributed by atoms with van der Waals surface area (Å²) in [6.45, 7) is 7.67. The Morgan fingerprint density at radius 1 is 1.41 bits per heavy atom. The van der Waals surface area contributed by atoms with Crippen LogP contribution in [0.15, 0.2) is 6.07 Å². The minimum atomic E-state index is -0.401. The van der Waals surface area contributed by atoms with E-state index in [0.717, 1.165) is 17.0 Å². The van der Waals surface area contributed by atoms with Crippen molar-refractivity contribution in [2.24, 2.45) is 0 Å². The van der Waals surface area contributed by atoms with Gasteiger partial charge in [0.15, 0.2) is 0 Å². The topological polar surface area (TPSA) is 60.5 Å². The average molecular weight is 304 g/mol. The molecule has 0 saturated heterocycles. The highest BCUT2D eigenvalue weighted by Gasteiger charge is 2.37. The first-order chi connectivity index (χ1) is 10.3. The molecule has 5 heteroatoms. The normalized spacial score (nSPS) is 20.7. The number of hydrogen-bond donors (Lipinski definition) is 1. The van der Waals surface area contributed by atoms with Crippen LogP contribution < -0.4 is 10.1 Å². The summed E-state index contributed by atoms with van der Waals surface area (Å²) >= 11 is 0. The average Bonchev–Trinajstić information content (AvgIpc) is 2.77. The molecule has 0 spiro atoms. The van der Waals surface area contributed by atoms with Crippen molar-refractivity contribution in [2.45, 2.75) is 57.5 Å². The predicted molar refractivity (Wildman–Crippen MR) is 83.2 cm³/mol. The summed E-state index contributed by atoms with van der Waals surface area (Å²) in [5, 5.41) is 3.59. The van der Waals surface area contributed by atoms with Crippen LogP contribution in [-0.4, -0.2) is 30.2 Å². The number of carbonyl (C=O) groups excluding carboxylic acids is 1. The molecule has 1 aromatic heterocycles. The fourth-order valence-electron chi connectivity index (χ4n) is 3.06. The number of hydrogen-bond acceptors (Lipinski definition) is 5. The van der Waals surface area contributed by atoms with Crippen molar-refractivity contribution in [2.75, 3.05) is 13.7 Å². The number of aromatic nitrogens is 1. The van der Waals surface area contributed by atoms with E-state index in [1.165, 1.54) is 26.4 Å². The molecule has 1 saturated carbocycles. The Morgan fingerprint density at radius 2 is 2.14 bits per heavy atom. The van der Waals surface area contributed by atoms with E-state index in [-0.39, 0.29) is 11.0 Å². The third-order valence-corrected chi connectivity index (χ3v) is 4.83. The number of fused-ring (bicyclic) bond motifs is 1. The van der Waals surface area contributed by atoms with Gasteiger partial charge in [0.1, 0.15) is 11.4 Å². The van der Waals surface area contributed by atoms with Gasteiger partial charge >= 0.3 is 5.97 Å². The fourth-order valence-corrected chi connectivity index (χ4v) is 3.06. The summed E-state index contributed by atoms with van der Waals surface area (Å²) < 4.78 is 10.7. The highest BCUT2D eigenvalue weighted by Crippen LogP contribution is 2.40. The van der Waals surface area contributed by atoms with Crippen LogP contribution in [-0.2, 0) is 16.7 Å². The van der Waals surface area contributed by atoms with Gasteiger partial charge in [0.05, 0.1) is 19.4 Å². The van der Waals surface area contributed by atoms with Crippen molar-refractivity contribution in [1.82, 2.24) is 10.3 Å². The number of pyridine rings is 1. The lowest BCUT2D eigenvalue weighted by Crippen LogP contribution is -2.47. The summed E-state index contributed by atoms with van der Waals surface area (Å²) in [5.41, 5.74) is 2.22. The SMILES string of the molecule is COC(=O)c1cc(CNC2(C)CCC2)c2c(n1)C(C)(C)CO2. The first kappa shape index (κ1) is 15.3. The van der Waals surface area contributed by atoms with E-state index >= 15 is 0 Å². The van der Waals surface area contributed by atoms with E-state index in [1.807, 2.05) is 0 Å². The van der Waals surface area contributed by atoms with Crippen LogP contribution in [0.5, 0.6) is 5.75 Å². The number of ether oxygens (including phenoxy) is 2. The smallest absolute Gasteiger partial charge is 0.356 e. The zero-order chi connectivity index (χ0) is 16.0. The number of rotatable bonds is 4. The first-order valence-corrected chi connectivity index (χ1v) is 7.85. The van der Waals surface area contributed by atoms with Gasteiger partial charge in [-0.1, -0.05) is 13.8 Å². The van der Waals surface area contributed by atoms with Gasteiger partial charge in [0, 0.05) is 23.1 Å². The van der Waals surface area contributed by atoms with E-state index in [9.17, 15) is 4.79 Å². The van der Waals surface area contributed by atoms with Crippen LogP contribution in [0.25, 0.3) is 0 Å². The van der Waals surface area contributed by atoms with E-state index < -0.39 is 5.97 Å².